The van der Waals surface area contributed by atoms with E-state index >= 15 is 0 Å². The van der Waals surface area contributed by atoms with Gasteiger partial charge in [-0.05, 0) is 43.9 Å². The molecule has 4 unspecified atom stereocenters. The van der Waals surface area contributed by atoms with E-state index in [-0.39, 0.29) is 18.2 Å². The predicted molar refractivity (Wildman–Crippen MR) is 70.7 cm³/mol. The van der Waals surface area contributed by atoms with Crippen LogP contribution < -0.4 is 10.5 Å². The summed E-state index contributed by atoms with van der Waals surface area (Å²) in [6.07, 6.45) is 3.96. The Morgan fingerprint density at radius 3 is 2.78 bits per heavy atom. The molecular weight excluding hydrogens is 226 g/mol. The summed E-state index contributed by atoms with van der Waals surface area (Å²) < 4.78 is 11.6. The van der Waals surface area contributed by atoms with Crippen molar-refractivity contribution in [3.63, 3.8) is 0 Å². The van der Waals surface area contributed by atoms with E-state index in [2.05, 4.69) is 26.0 Å². The normalized spacial score (nSPS) is 32.1. The third-order valence-corrected chi connectivity index (χ3v) is 3.97. The van der Waals surface area contributed by atoms with Crippen LogP contribution in [0.1, 0.15) is 43.9 Å². The summed E-state index contributed by atoms with van der Waals surface area (Å²) in [5.74, 6) is 1.01. The largest absolute Gasteiger partial charge is 0.490 e. The second-order valence-corrected chi connectivity index (χ2v) is 5.59. The van der Waals surface area contributed by atoms with Crippen LogP contribution in [0.2, 0.25) is 0 Å². The Hall–Kier alpha value is -1.06. The van der Waals surface area contributed by atoms with Crippen molar-refractivity contribution >= 4 is 0 Å². The lowest BCUT2D eigenvalue weighted by molar-refractivity contribution is 0.0401. The van der Waals surface area contributed by atoms with E-state index in [1.165, 1.54) is 11.1 Å². The number of ether oxygens (including phenoxy) is 2. The second-order valence-electron chi connectivity index (χ2n) is 5.59. The van der Waals surface area contributed by atoms with E-state index in [9.17, 15) is 0 Å². The number of benzene rings is 1. The van der Waals surface area contributed by atoms with Gasteiger partial charge in [-0.15, -0.1) is 0 Å². The number of hydrogen-bond donors (Lipinski definition) is 1. The Bertz CT molecular complexity index is 446. The zero-order valence-electron chi connectivity index (χ0n) is 11.1. The number of fused-ring (bicyclic) bond motifs is 1. The van der Waals surface area contributed by atoms with Crippen molar-refractivity contribution in [1.29, 1.82) is 0 Å². The van der Waals surface area contributed by atoms with Gasteiger partial charge in [0.25, 0.3) is 0 Å². The number of nitrogens with two attached hydrogens (primary N) is 1. The van der Waals surface area contributed by atoms with Crippen molar-refractivity contribution in [3.8, 4) is 5.75 Å². The molecule has 2 aliphatic rings. The minimum absolute atomic E-state index is 0.0174. The fourth-order valence-electron chi connectivity index (χ4n) is 2.96. The van der Waals surface area contributed by atoms with E-state index in [4.69, 9.17) is 15.2 Å². The minimum atomic E-state index is -0.0174. The number of rotatable bonds is 2. The molecule has 1 aromatic carbocycles. The molecule has 0 aromatic heterocycles. The molecule has 4 atom stereocenters. The summed E-state index contributed by atoms with van der Waals surface area (Å²) in [5.41, 5.74) is 8.78. The van der Waals surface area contributed by atoms with Crippen molar-refractivity contribution in [2.24, 2.45) is 5.73 Å². The molecule has 2 N–H and O–H groups in total. The molecule has 0 bridgehead atoms. The van der Waals surface area contributed by atoms with E-state index in [1.54, 1.807) is 0 Å². The third-order valence-electron chi connectivity index (χ3n) is 3.97. The summed E-state index contributed by atoms with van der Waals surface area (Å²) in [5, 5.41) is 0. The molecular formula is C15H21NO2. The van der Waals surface area contributed by atoms with Gasteiger partial charge in [-0.25, -0.2) is 0 Å². The Kier molecular flexibility index (Phi) is 3.04. The second kappa shape index (κ2) is 4.56. The van der Waals surface area contributed by atoms with E-state index in [1.807, 2.05) is 6.07 Å². The van der Waals surface area contributed by atoms with Crippen LogP contribution in [0.3, 0.4) is 0 Å². The molecule has 0 amide bonds. The predicted octanol–water partition coefficient (Wildman–Crippen LogP) is 2.58. The van der Waals surface area contributed by atoms with Crippen LogP contribution in [0.5, 0.6) is 5.75 Å². The van der Waals surface area contributed by atoms with Crippen molar-refractivity contribution in [1.82, 2.24) is 0 Å². The van der Waals surface area contributed by atoms with Crippen LogP contribution in [0.25, 0.3) is 0 Å². The van der Waals surface area contributed by atoms with Crippen molar-refractivity contribution in [2.75, 3.05) is 0 Å². The van der Waals surface area contributed by atoms with E-state index < -0.39 is 0 Å². The molecule has 0 radical (unpaired) electrons. The van der Waals surface area contributed by atoms with Gasteiger partial charge >= 0.3 is 0 Å². The summed E-state index contributed by atoms with van der Waals surface area (Å²) >= 11 is 0. The van der Waals surface area contributed by atoms with Gasteiger partial charge in [0.2, 0.25) is 0 Å². The van der Waals surface area contributed by atoms with Crippen LogP contribution in [0.4, 0.5) is 0 Å². The highest BCUT2D eigenvalue weighted by molar-refractivity contribution is 5.41. The molecule has 98 valence electrons. The number of hydrogen-bond acceptors (Lipinski definition) is 3. The monoisotopic (exact) mass is 247 g/mol. The zero-order valence-corrected chi connectivity index (χ0v) is 11.1. The van der Waals surface area contributed by atoms with Crippen molar-refractivity contribution < 1.29 is 9.47 Å². The van der Waals surface area contributed by atoms with Gasteiger partial charge in [0.15, 0.2) is 0 Å². The van der Waals surface area contributed by atoms with Crippen LogP contribution in [0, 0.1) is 0 Å². The first-order valence-electron chi connectivity index (χ1n) is 6.84. The zero-order chi connectivity index (χ0) is 12.7. The first kappa shape index (κ1) is 12.0. The average molecular weight is 247 g/mol. The quantitative estimate of drug-likeness (QED) is 0.873. The maximum Gasteiger partial charge on any atom is 0.123 e. The van der Waals surface area contributed by atoms with Crippen LogP contribution in [-0.2, 0) is 11.2 Å². The molecule has 3 heteroatoms. The Morgan fingerprint density at radius 1 is 1.22 bits per heavy atom. The SMILES string of the molecule is CC1Cc2cc(C(N)C3CCC(C)O3)ccc2O1. The molecule has 2 heterocycles. The van der Waals surface area contributed by atoms with Gasteiger partial charge in [0, 0.05) is 6.42 Å². The van der Waals surface area contributed by atoms with Gasteiger partial charge in [-0.3, -0.25) is 0 Å². The lowest BCUT2D eigenvalue weighted by atomic mass is 9.97. The van der Waals surface area contributed by atoms with Gasteiger partial charge in [-0.1, -0.05) is 12.1 Å². The molecule has 0 aliphatic carbocycles. The summed E-state index contributed by atoms with van der Waals surface area (Å²) in [6.45, 7) is 4.21. The van der Waals surface area contributed by atoms with Crippen LogP contribution in [-0.4, -0.2) is 18.3 Å². The summed E-state index contributed by atoms with van der Waals surface area (Å²) in [4.78, 5) is 0. The molecule has 3 nitrogen and oxygen atoms in total. The van der Waals surface area contributed by atoms with Gasteiger partial charge in [0.05, 0.1) is 18.2 Å². The molecule has 1 aromatic rings. The fraction of sp³-hybridized carbons (Fsp3) is 0.600. The Morgan fingerprint density at radius 2 is 2.06 bits per heavy atom. The fourth-order valence-corrected chi connectivity index (χ4v) is 2.96. The lowest BCUT2D eigenvalue weighted by Gasteiger charge is -2.20. The third kappa shape index (κ3) is 2.13. The highest BCUT2D eigenvalue weighted by Crippen LogP contribution is 2.34. The van der Waals surface area contributed by atoms with Crippen molar-refractivity contribution in [3.05, 3.63) is 29.3 Å². The topological polar surface area (TPSA) is 44.5 Å². The lowest BCUT2D eigenvalue weighted by Crippen LogP contribution is -2.26. The van der Waals surface area contributed by atoms with Gasteiger partial charge in [-0.2, -0.15) is 0 Å². The molecule has 2 aliphatic heterocycles. The maximum absolute atomic E-state index is 6.33. The maximum atomic E-state index is 6.33. The van der Waals surface area contributed by atoms with E-state index in [0.717, 1.165) is 25.0 Å². The molecule has 18 heavy (non-hydrogen) atoms. The molecule has 3 rings (SSSR count). The first-order valence-corrected chi connectivity index (χ1v) is 6.84. The van der Waals surface area contributed by atoms with Crippen LogP contribution >= 0.6 is 0 Å². The highest BCUT2D eigenvalue weighted by Gasteiger charge is 2.29. The van der Waals surface area contributed by atoms with Crippen molar-refractivity contribution in [2.45, 2.75) is 57.5 Å². The van der Waals surface area contributed by atoms with Gasteiger partial charge in [0.1, 0.15) is 11.9 Å². The van der Waals surface area contributed by atoms with Crippen LogP contribution in [0.15, 0.2) is 18.2 Å². The van der Waals surface area contributed by atoms with Gasteiger partial charge < -0.3 is 15.2 Å². The Labute approximate surface area is 108 Å². The summed E-state index contributed by atoms with van der Waals surface area (Å²) in [6, 6.07) is 6.30. The molecule has 0 saturated carbocycles. The minimum Gasteiger partial charge on any atom is -0.490 e. The average Bonchev–Trinajstić information content (AvgIpc) is 2.92. The standard InChI is InChI=1S/C15H21NO2/c1-9-3-5-14(17-9)15(16)11-4-6-13-12(8-11)7-10(2)18-13/h4,6,8-10,14-15H,3,5,7,16H2,1-2H3. The Balaban J connectivity index is 1.79. The first-order chi connectivity index (χ1) is 8.63. The smallest absolute Gasteiger partial charge is 0.123 e. The molecule has 1 saturated heterocycles. The summed E-state index contributed by atoms with van der Waals surface area (Å²) in [7, 11) is 0. The molecule has 1 fully saturated rings. The highest BCUT2D eigenvalue weighted by atomic mass is 16.5. The molecule has 0 spiro atoms. The van der Waals surface area contributed by atoms with E-state index in [0.29, 0.717) is 6.10 Å².